The molecule has 0 aliphatic rings. The van der Waals surface area contributed by atoms with Crippen LogP contribution in [-0.4, -0.2) is 19.3 Å². The molecule has 2 aromatic rings. The van der Waals surface area contributed by atoms with Crippen LogP contribution in [-0.2, 0) is 6.42 Å². The third-order valence-corrected chi connectivity index (χ3v) is 3.84. The largest absolute Gasteiger partial charge is 0.497 e. The number of thiocarbonyl (C=S) groups is 1. The zero-order chi connectivity index (χ0) is 16.8. The van der Waals surface area contributed by atoms with Crippen LogP contribution in [0.3, 0.4) is 0 Å². The number of methoxy groups -OCH3 is 2. The van der Waals surface area contributed by atoms with Crippen molar-refractivity contribution in [2.75, 3.05) is 24.9 Å². The van der Waals surface area contributed by atoms with Crippen molar-refractivity contribution in [2.24, 2.45) is 0 Å². The molecule has 2 N–H and O–H groups in total. The molecule has 0 radical (unpaired) electrons. The number of anilines is 2. The van der Waals surface area contributed by atoms with Crippen molar-refractivity contribution < 1.29 is 9.47 Å². The van der Waals surface area contributed by atoms with Gasteiger partial charge in [-0.15, -0.1) is 0 Å². The van der Waals surface area contributed by atoms with Crippen LogP contribution in [0.1, 0.15) is 18.1 Å². The van der Waals surface area contributed by atoms with Crippen molar-refractivity contribution in [3.05, 3.63) is 47.5 Å². The fraction of sp³-hybridized carbons (Fsp3) is 0.278. The molecule has 0 aromatic heterocycles. The van der Waals surface area contributed by atoms with Crippen molar-refractivity contribution >= 4 is 28.7 Å². The molecule has 23 heavy (non-hydrogen) atoms. The number of hydrogen-bond acceptors (Lipinski definition) is 3. The van der Waals surface area contributed by atoms with E-state index in [0.29, 0.717) is 10.9 Å². The summed E-state index contributed by atoms with van der Waals surface area (Å²) in [5.74, 6) is 1.41. The molecule has 0 bridgehead atoms. The lowest BCUT2D eigenvalue weighted by Gasteiger charge is -2.17. The molecular formula is C18H22N2O2S. The van der Waals surface area contributed by atoms with Gasteiger partial charge in [0.25, 0.3) is 0 Å². The summed E-state index contributed by atoms with van der Waals surface area (Å²) in [6, 6.07) is 11.8. The molecule has 0 aliphatic carbocycles. The van der Waals surface area contributed by atoms with Crippen LogP contribution >= 0.6 is 12.2 Å². The highest BCUT2D eigenvalue weighted by atomic mass is 32.1. The zero-order valence-electron chi connectivity index (χ0n) is 13.9. The van der Waals surface area contributed by atoms with Crippen molar-refractivity contribution in [2.45, 2.75) is 20.3 Å². The Morgan fingerprint density at radius 1 is 1.09 bits per heavy atom. The van der Waals surface area contributed by atoms with Crippen molar-refractivity contribution in [3.63, 3.8) is 0 Å². The Morgan fingerprint density at radius 2 is 1.87 bits per heavy atom. The molecule has 0 unspecified atom stereocenters. The van der Waals surface area contributed by atoms with Gasteiger partial charge in [-0.2, -0.15) is 0 Å². The maximum Gasteiger partial charge on any atom is 0.175 e. The monoisotopic (exact) mass is 330 g/mol. The van der Waals surface area contributed by atoms with E-state index in [4.69, 9.17) is 21.7 Å². The number of aryl methyl sites for hydroxylation is 2. The van der Waals surface area contributed by atoms with Gasteiger partial charge in [-0.3, -0.25) is 0 Å². The van der Waals surface area contributed by atoms with Crippen LogP contribution in [0.4, 0.5) is 11.4 Å². The molecule has 0 aliphatic heterocycles. The first-order chi connectivity index (χ1) is 11.1. The van der Waals surface area contributed by atoms with Gasteiger partial charge in [0.05, 0.1) is 19.9 Å². The Hall–Kier alpha value is -2.27. The van der Waals surface area contributed by atoms with E-state index < -0.39 is 0 Å². The summed E-state index contributed by atoms with van der Waals surface area (Å²) in [6.45, 7) is 4.20. The summed E-state index contributed by atoms with van der Waals surface area (Å²) >= 11 is 5.44. The predicted octanol–water partition coefficient (Wildman–Crippen LogP) is 4.38. The van der Waals surface area contributed by atoms with Gasteiger partial charge >= 0.3 is 0 Å². The standard InChI is InChI=1S/C18H22N2O2S/c1-5-13-8-6-7-12(2)17(13)20-18(23)19-15-10-9-14(21-3)11-16(15)22-4/h6-11H,5H2,1-4H3,(H2,19,20,23). The Morgan fingerprint density at radius 3 is 2.52 bits per heavy atom. The Bertz CT molecular complexity index is 701. The second-order valence-electron chi connectivity index (χ2n) is 5.11. The highest BCUT2D eigenvalue weighted by Gasteiger charge is 2.09. The average molecular weight is 330 g/mol. The molecule has 0 saturated heterocycles. The highest BCUT2D eigenvalue weighted by molar-refractivity contribution is 7.80. The lowest BCUT2D eigenvalue weighted by atomic mass is 10.1. The van der Waals surface area contributed by atoms with E-state index in [0.717, 1.165) is 29.1 Å². The van der Waals surface area contributed by atoms with E-state index in [1.54, 1.807) is 14.2 Å². The number of rotatable bonds is 5. The molecule has 0 amide bonds. The summed E-state index contributed by atoms with van der Waals surface area (Å²) in [7, 11) is 3.24. The third-order valence-electron chi connectivity index (χ3n) is 3.64. The molecule has 0 fully saturated rings. The highest BCUT2D eigenvalue weighted by Crippen LogP contribution is 2.29. The topological polar surface area (TPSA) is 42.5 Å². The van der Waals surface area contributed by atoms with Crippen LogP contribution in [0.5, 0.6) is 11.5 Å². The van der Waals surface area contributed by atoms with E-state index in [2.05, 4.69) is 42.7 Å². The summed E-state index contributed by atoms with van der Waals surface area (Å²) in [6.07, 6.45) is 0.943. The van der Waals surface area contributed by atoms with Crippen LogP contribution in [0, 0.1) is 6.92 Å². The van der Waals surface area contributed by atoms with Gasteiger partial charge < -0.3 is 20.1 Å². The summed E-state index contributed by atoms with van der Waals surface area (Å²) in [4.78, 5) is 0. The summed E-state index contributed by atoms with van der Waals surface area (Å²) in [5, 5.41) is 7.00. The lowest BCUT2D eigenvalue weighted by molar-refractivity contribution is 0.395. The Balaban J connectivity index is 2.17. The second kappa shape index (κ2) is 7.83. The number of ether oxygens (including phenoxy) is 2. The van der Waals surface area contributed by atoms with Crippen molar-refractivity contribution in [3.8, 4) is 11.5 Å². The van der Waals surface area contributed by atoms with E-state index in [1.165, 1.54) is 5.56 Å². The zero-order valence-corrected chi connectivity index (χ0v) is 14.7. The van der Waals surface area contributed by atoms with Gasteiger partial charge in [-0.25, -0.2) is 0 Å². The molecule has 0 spiro atoms. The van der Waals surface area contributed by atoms with Crippen LogP contribution in [0.25, 0.3) is 0 Å². The third kappa shape index (κ3) is 4.13. The molecule has 122 valence electrons. The first kappa shape index (κ1) is 17.1. The van der Waals surface area contributed by atoms with E-state index >= 15 is 0 Å². The Labute approximate surface area is 142 Å². The molecule has 4 nitrogen and oxygen atoms in total. The summed E-state index contributed by atoms with van der Waals surface area (Å²) in [5.41, 5.74) is 4.24. The van der Waals surface area contributed by atoms with Crippen LogP contribution in [0.15, 0.2) is 36.4 Å². The van der Waals surface area contributed by atoms with Gasteiger partial charge in [-0.05, 0) is 48.8 Å². The molecule has 2 rings (SSSR count). The quantitative estimate of drug-likeness (QED) is 0.796. The number of nitrogens with one attached hydrogen (secondary N) is 2. The Kier molecular flexibility index (Phi) is 5.82. The van der Waals surface area contributed by atoms with Crippen molar-refractivity contribution in [1.29, 1.82) is 0 Å². The fourth-order valence-electron chi connectivity index (χ4n) is 2.37. The minimum Gasteiger partial charge on any atom is -0.497 e. The van der Waals surface area contributed by atoms with Gasteiger partial charge in [0.2, 0.25) is 0 Å². The van der Waals surface area contributed by atoms with Crippen molar-refractivity contribution in [1.82, 2.24) is 0 Å². The normalized spacial score (nSPS) is 10.1. The maximum atomic E-state index is 5.44. The van der Waals surface area contributed by atoms with Gasteiger partial charge in [0.1, 0.15) is 11.5 Å². The van der Waals surface area contributed by atoms with E-state index in [9.17, 15) is 0 Å². The minimum absolute atomic E-state index is 0.525. The molecule has 0 atom stereocenters. The van der Waals surface area contributed by atoms with E-state index in [-0.39, 0.29) is 0 Å². The first-order valence-corrected chi connectivity index (χ1v) is 7.88. The fourth-order valence-corrected chi connectivity index (χ4v) is 2.58. The second-order valence-corrected chi connectivity index (χ2v) is 5.52. The molecule has 0 saturated carbocycles. The number of benzene rings is 2. The van der Waals surface area contributed by atoms with Crippen LogP contribution in [0.2, 0.25) is 0 Å². The van der Waals surface area contributed by atoms with Gasteiger partial charge in [0, 0.05) is 11.8 Å². The number of para-hydroxylation sites is 1. The van der Waals surface area contributed by atoms with Gasteiger partial charge in [-0.1, -0.05) is 25.1 Å². The average Bonchev–Trinajstić information content (AvgIpc) is 2.57. The van der Waals surface area contributed by atoms with E-state index in [1.807, 2.05) is 18.2 Å². The molecule has 0 heterocycles. The van der Waals surface area contributed by atoms with Gasteiger partial charge in [0.15, 0.2) is 5.11 Å². The first-order valence-electron chi connectivity index (χ1n) is 7.47. The lowest BCUT2D eigenvalue weighted by Crippen LogP contribution is -2.21. The predicted molar refractivity (Wildman–Crippen MR) is 99.9 cm³/mol. The molecule has 2 aromatic carbocycles. The minimum atomic E-state index is 0.525. The smallest absolute Gasteiger partial charge is 0.175 e. The summed E-state index contributed by atoms with van der Waals surface area (Å²) < 4.78 is 10.6. The number of hydrogen-bond donors (Lipinski definition) is 2. The van der Waals surface area contributed by atoms with Crippen LogP contribution < -0.4 is 20.1 Å². The molecular weight excluding hydrogens is 308 g/mol. The molecule has 5 heteroatoms. The SMILES string of the molecule is CCc1cccc(C)c1NC(=S)Nc1ccc(OC)cc1OC. The maximum absolute atomic E-state index is 5.44.